The Morgan fingerprint density at radius 2 is 1.11 bits per heavy atom. The predicted molar refractivity (Wildman–Crippen MR) is 112 cm³/mol. The van der Waals surface area contributed by atoms with Crippen molar-refractivity contribution in [2.45, 2.75) is 0 Å². The monoisotopic (exact) mass is 349 g/mol. The fourth-order valence-corrected chi connectivity index (χ4v) is 3.67. The standard InChI is InChI=1S/C25H19NO/c1-26(18-9-3-2-4-10-18)19-15-16-20-21-11-5-7-13-24(21)27-25-14-8-6-12-22(25)23(20)17-19/h2-17H,1H3. The number of hydrogen-bond donors (Lipinski definition) is 0. The zero-order chi connectivity index (χ0) is 18.2. The van der Waals surface area contributed by atoms with E-state index in [1.807, 2.05) is 30.3 Å². The van der Waals surface area contributed by atoms with E-state index in [4.69, 9.17) is 4.74 Å². The number of anilines is 2. The Bertz CT molecular complexity index is 1120. The molecule has 0 atom stereocenters. The van der Waals surface area contributed by atoms with Gasteiger partial charge in [0.2, 0.25) is 0 Å². The van der Waals surface area contributed by atoms with E-state index in [9.17, 15) is 0 Å². The van der Waals surface area contributed by atoms with E-state index in [0.717, 1.165) is 34.0 Å². The minimum Gasteiger partial charge on any atom is -0.456 e. The third-order valence-electron chi connectivity index (χ3n) is 5.11. The van der Waals surface area contributed by atoms with Gasteiger partial charge >= 0.3 is 0 Å². The molecule has 0 aliphatic carbocycles. The summed E-state index contributed by atoms with van der Waals surface area (Å²) in [5.74, 6) is 1.79. The number of fused-ring (bicyclic) bond motifs is 5. The van der Waals surface area contributed by atoms with Gasteiger partial charge in [-0.05, 0) is 47.5 Å². The van der Waals surface area contributed by atoms with Gasteiger partial charge in [0.1, 0.15) is 11.5 Å². The van der Waals surface area contributed by atoms with Gasteiger partial charge in [-0.3, -0.25) is 0 Å². The molecule has 1 aliphatic heterocycles. The molecule has 0 radical (unpaired) electrons. The van der Waals surface area contributed by atoms with Crippen LogP contribution in [-0.2, 0) is 0 Å². The highest BCUT2D eigenvalue weighted by Crippen LogP contribution is 2.47. The molecule has 4 aromatic carbocycles. The van der Waals surface area contributed by atoms with E-state index in [1.54, 1.807) is 0 Å². The van der Waals surface area contributed by atoms with Crippen molar-refractivity contribution in [1.29, 1.82) is 0 Å². The Morgan fingerprint density at radius 3 is 1.81 bits per heavy atom. The summed E-state index contributed by atoms with van der Waals surface area (Å²) in [4.78, 5) is 2.21. The summed E-state index contributed by atoms with van der Waals surface area (Å²) in [6.07, 6.45) is 0. The number of ether oxygens (including phenoxy) is 1. The van der Waals surface area contributed by atoms with E-state index in [-0.39, 0.29) is 0 Å². The summed E-state index contributed by atoms with van der Waals surface area (Å²) in [6.45, 7) is 0. The number of benzene rings is 4. The highest BCUT2D eigenvalue weighted by molar-refractivity contribution is 5.92. The lowest BCUT2D eigenvalue weighted by molar-refractivity contribution is 0.488. The molecule has 0 aromatic heterocycles. The molecule has 2 heteroatoms. The fraction of sp³-hybridized carbons (Fsp3) is 0.0400. The molecule has 0 saturated carbocycles. The van der Waals surface area contributed by atoms with Crippen LogP contribution in [0.5, 0.6) is 11.5 Å². The lowest BCUT2D eigenvalue weighted by atomic mass is 9.94. The van der Waals surface area contributed by atoms with Crippen molar-refractivity contribution < 1.29 is 4.74 Å². The third-order valence-corrected chi connectivity index (χ3v) is 5.11. The molecule has 130 valence electrons. The Hall–Kier alpha value is -3.52. The van der Waals surface area contributed by atoms with Crippen LogP contribution in [0.4, 0.5) is 11.4 Å². The maximum Gasteiger partial charge on any atom is 0.135 e. The van der Waals surface area contributed by atoms with Crippen molar-refractivity contribution in [3.05, 3.63) is 97.1 Å². The first-order valence-electron chi connectivity index (χ1n) is 9.11. The van der Waals surface area contributed by atoms with Gasteiger partial charge in [-0.25, -0.2) is 0 Å². The molecule has 0 bridgehead atoms. The summed E-state index contributed by atoms with van der Waals surface area (Å²) in [6, 6.07) is 33.5. The van der Waals surface area contributed by atoms with Crippen LogP contribution in [0.3, 0.4) is 0 Å². The lowest BCUT2D eigenvalue weighted by Crippen LogP contribution is -2.09. The molecule has 27 heavy (non-hydrogen) atoms. The topological polar surface area (TPSA) is 12.5 Å². The number of para-hydroxylation sites is 3. The maximum atomic E-state index is 6.26. The molecule has 0 N–H and O–H groups in total. The molecule has 5 rings (SSSR count). The largest absolute Gasteiger partial charge is 0.456 e. The fourth-order valence-electron chi connectivity index (χ4n) is 3.67. The summed E-state index contributed by atoms with van der Waals surface area (Å²) >= 11 is 0. The van der Waals surface area contributed by atoms with Crippen molar-refractivity contribution in [1.82, 2.24) is 0 Å². The SMILES string of the molecule is CN(c1ccccc1)c1ccc2c(c1)-c1ccccc1Oc1ccccc1-2. The molecule has 2 nitrogen and oxygen atoms in total. The van der Waals surface area contributed by atoms with Gasteiger partial charge in [0.05, 0.1) is 0 Å². The van der Waals surface area contributed by atoms with Gasteiger partial charge in [0.25, 0.3) is 0 Å². The average Bonchev–Trinajstić information content (AvgIpc) is 2.88. The van der Waals surface area contributed by atoms with Gasteiger partial charge in [-0.1, -0.05) is 60.7 Å². The van der Waals surface area contributed by atoms with E-state index in [0.29, 0.717) is 0 Å². The first-order chi connectivity index (χ1) is 13.3. The molecular weight excluding hydrogens is 330 g/mol. The highest BCUT2D eigenvalue weighted by Gasteiger charge is 2.21. The zero-order valence-electron chi connectivity index (χ0n) is 15.1. The van der Waals surface area contributed by atoms with Crippen LogP contribution in [0, 0.1) is 0 Å². The number of nitrogens with zero attached hydrogens (tertiary/aromatic N) is 1. The summed E-state index contributed by atoms with van der Waals surface area (Å²) in [7, 11) is 2.10. The van der Waals surface area contributed by atoms with Crippen molar-refractivity contribution in [2.24, 2.45) is 0 Å². The Labute approximate surface area is 159 Å². The first kappa shape index (κ1) is 15.7. The Kier molecular flexibility index (Phi) is 3.68. The maximum absolute atomic E-state index is 6.26. The smallest absolute Gasteiger partial charge is 0.135 e. The van der Waals surface area contributed by atoms with Gasteiger partial charge < -0.3 is 9.64 Å². The van der Waals surface area contributed by atoms with Gasteiger partial charge in [-0.2, -0.15) is 0 Å². The normalized spacial score (nSPS) is 11.4. The number of hydrogen-bond acceptors (Lipinski definition) is 2. The van der Waals surface area contributed by atoms with Crippen LogP contribution in [-0.4, -0.2) is 7.05 Å². The van der Waals surface area contributed by atoms with E-state index < -0.39 is 0 Å². The van der Waals surface area contributed by atoms with Crippen LogP contribution in [0.25, 0.3) is 22.3 Å². The van der Waals surface area contributed by atoms with Gasteiger partial charge in [-0.15, -0.1) is 0 Å². The van der Waals surface area contributed by atoms with Crippen LogP contribution in [0.2, 0.25) is 0 Å². The molecular formula is C25H19NO. The van der Waals surface area contributed by atoms with Crippen molar-refractivity contribution in [3.8, 4) is 33.8 Å². The quantitative estimate of drug-likeness (QED) is 0.344. The highest BCUT2D eigenvalue weighted by atomic mass is 16.5. The molecule has 0 fully saturated rings. The van der Waals surface area contributed by atoms with Crippen molar-refractivity contribution in [2.75, 3.05) is 11.9 Å². The molecule has 1 heterocycles. The minimum absolute atomic E-state index is 0.892. The minimum atomic E-state index is 0.892. The molecule has 0 unspecified atom stereocenters. The lowest BCUT2D eigenvalue weighted by Gasteiger charge is -2.21. The predicted octanol–water partition coefficient (Wildman–Crippen LogP) is 6.89. The van der Waals surface area contributed by atoms with Crippen LogP contribution < -0.4 is 9.64 Å². The second-order valence-electron chi connectivity index (χ2n) is 6.72. The van der Waals surface area contributed by atoms with Crippen molar-refractivity contribution in [3.63, 3.8) is 0 Å². The first-order valence-corrected chi connectivity index (χ1v) is 9.11. The zero-order valence-corrected chi connectivity index (χ0v) is 15.1. The number of rotatable bonds is 2. The van der Waals surface area contributed by atoms with Gasteiger partial charge in [0, 0.05) is 29.5 Å². The summed E-state index contributed by atoms with van der Waals surface area (Å²) in [5.41, 5.74) is 6.94. The van der Waals surface area contributed by atoms with Crippen LogP contribution >= 0.6 is 0 Å². The molecule has 0 spiro atoms. The molecule has 4 aromatic rings. The van der Waals surface area contributed by atoms with Crippen LogP contribution in [0.15, 0.2) is 97.1 Å². The van der Waals surface area contributed by atoms with Gasteiger partial charge in [0.15, 0.2) is 0 Å². The second-order valence-corrected chi connectivity index (χ2v) is 6.72. The van der Waals surface area contributed by atoms with Crippen molar-refractivity contribution >= 4 is 11.4 Å². The van der Waals surface area contributed by atoms with E-state index >= 15 is 0 Å². The molecule has 0 amide bonds. The Morgan fingerprint density at radius 1 is 0.519 bits per heavy atom. The summed E-state index contributed by atoms with van der Waals surface area (Å²) in [5, 5.41) is 0. The molecule has 0 saturated heterocycles. The average molecular weight is 349 g/mol. The Balaban J connectivity index is 1.73. The van der Waals surface area contributed by atoms with E-state index in [1.165, 1.54) is 11.1 Å². The third kappa shape index (κ3) is 2.67. The van der Waals surface area contributed by atoms with E-state index in [2.05, 4.69) is 78.7 Å². The second kappa shape index (κ2) is 6.33. The van der Waals surface area contributed by atoms with Crippen LogP contribution in [0.1, 0.15) is 0 Å². The molecule has 1 aliphatic rings. The summed E-state index contributed by atoms with van der Waals surface area (Å²) < 4.78 is 6.26.